The van der Waals surface area contributed by atoms with Crippen molar-refractivity contribution in [3.63, 3.8) is 0 Å². The largest absolute Gasteiger partial charge is 0.376 e. The molecule has 5 nitrogen and oxygen atoms in total. The number of carbonyl (C=O) groups excluding carboxylic acids is 1. The van der Waals surface area contributed by atoms with Gasteiger partial charge in [0.1, 0.15) is 26.2 Å². The second kappa shape index (κ2) is 6.50. The minimum Gasteiger partial charge on any atom is -0.376 e. The van der Waals surface area contributed by atoms with Crippen molar-refractivity contribution in [1.29, 1.82) is 0 Å². The highest BCUT2D eigenvalue weighted by atomic mass is 16.5. The lowest BCUT2D eigenvalue weighted by atomic mass is 10.2. The summed E-state index contributed by atoms with van der Waals surface area (Å²) < 4.78 is 5.52. The van der Waals surface area contributed by atoms with E-state index in [2.05, 4.69) is 12.4 Å². The molecule has 2 atom stereocenters. The first-order valence-electron chi connectivity index (χ1n) is 7.22. The van der Waals surface area contributed by atoms with Gasteiger partial charge in [0.25, 0.3) is 5.91 Å². The van der Waals surface area contributed by atoms with E-state index >= 15 is 0 Å². The van der Waals surface area contributed by atoms with Crippen molar-refractivity contribution < 1.29 is 19.3 Å². The van der Waals surface area contributed by atoms with Crippen molar-refractivity contribution in [2.75, 3.05) is 46.4 Å². The average Bonchev–Trinajstić information content (AvgIpc) is 2.89. The van der Waals surface area contributed by atoms with Gasteiger partial charge in [0.05, 0.1) is 13.2 Å². The maximum absolute atomic E-state index is 12.1. The molecule has 2 heterocycles. The van der Waals surface area contributed by atoms with E-state index in [9.17, 15) is 4.79 Å². The Bertz CT molecular complexity index is 271. The first-order valence-corrected chi connectivity index (χ1v) is 7.22. The Hall–Kier alpha value is -0.650. The van der Waals surface area contributed by atoms with Gasteiger partial charge in [-0.15, -0.1) is 0 Å². The van der Waals surface area contributed by atoms with Gasteiger partial charge in [0.15, 0.2) is 6.04 Å². The number of likely N-dealkylation sites (N-methyl/N-ethyl adjacent to an activating group) is 1. The standard InChI is InChI=1S/C13H25N3O2/c1-11(16-7-5-15(2)6-8-16)13(17)14-10-12-4-3-9-18-12/h11-12H,3-10H2,1-2H3,(H,14,17)/p+2/t11-,12-/m0/s1. The Labute approximate surface area is 109 Å². The molecule has 0 aromatic heterocycles. The Morgan fingerprint density at radius 2 is 2.11 bits per heavy atom. The SMILES string of the molecule is C[C@@H](C(=O)NC[C@@H]1CCCO1)[NH+]1CC[NH+](C)CC1. The fourth-order valence-electron chi connectivity index (χ4n) is 2.79. The molecule has 0 spiro atoms. The molecule has 2 aliphatic heterocycles. The molecule has 2 fully saturated rings. The predicted octanol–water partition coefficient (Wildman–Crippen LogP) is -2.92. The van der Waals surface area contributed by atoms with Gasteiger partial charge in [0, 0.05) is 13.2 Å². The summed E-state index contributed by atoms with van der Waals surface area (Å²) >= 11 is 0. The third-order valence-electron chi connectivity index (χ3n) is 4.28. The van der Waals surface area contributed by atoms with Gasteiger partial charge >= 0.3 is 0 Å². The van der Waals surface area contributed by atoms with Crippen LogP contribution in [0.4, 0.5) is 0 Å². The van der Waals surface area contributed by atoms with E-state index in [1.54, 1.807) is 4.90 Å². The van der Waals surface area contributed by atoms with E-state index in [4.69, 9.17) is 4.74 Å². The van der Waals surface area contributed by atoms with Crippen LogP contribution in [0, 0.1) is 0 Å². The van der Waals surface area contributed by atoms with Gasteiger partial charge < -0.3 is 19.9 Å². The molecular formula is C13H27N3O2+2. The lowest BCUT2D eigenvalue weighted by molar-refractivity contribution is -1.01. The molecule has 0 bridgehead atoms. The van der Waals surface area contributed by atoms with Crippen LogP contribution in [0.25, 0.3) is 0 Å². The Kier molecular flexibility index (Phi) is 4.97. The summed E-state index contributed by atoms with van der Waals surface area (Å²) in [6.45, 7) is 8.10. The van der Waals surface area contributed by atoms with Crippen molar-refractivity contribution in [2.24, 2.45) is 0 Å². The van der Waals surface area contributed by atoms with Gasteiger partial charge in [-0.05, 0) is 19.8 Å². The molecule has 5 heteroatoms. The zero-order valence-corrected chi connectivity index (χ0v) is 11.6. The van der Waals surface area contributed by atoms with Gasteiger partial charge in [-0.3, -0.25) is 4.79 Å². The lowest BCUT2D eigenvalue weighted by Gasteiger charge is -2.31. The second-order valence-electron chi connectivity index (χ2n) is 5.72. The van der Waals surface area contributed by atoms with Crippen molar-refractivity contribution in [2.45, 2.75) is 31.9 Å². The summed E-state index contributed by atoms with van der Waals surface area (Å²) in [5.41, 5.74) is 0. The maximum atomic E-state index is 12.1. The summed E-state index contributed by atoms with van der Waals surface area (Å²) in [5.74, 6) is 0.181. The van der Waals surface area contributed by atoms with E-state index in [1.165, 1.54) is 18.0 Å². The van der Waals surface area contributed by atoms with Crippen LogP contribution in [0.2, 0.25) is 0 Å². The van der Waals surface area contributed by atoms with Crippen LogP contribution in [-0.4, -0.2) is 64.4 Å². The number of hydrogen-bond donors (Lipinski definition) is 3. The minimum absolute atomic E-state index is 0.0690. The topological polar surface area (TPSA) is 47.2 Å². The summed E-state index contributed by atoms with van der Waals surface area (Å²) in [6.07, 6.45) is 2.45. The summed E-state index contributed by atoms with van der Waals surface area (Å²) in [4.78, 5) is 15.1. The number of piperazine rings is 1. The van der Waals surface area contributed by atoms with Crippen LogP contribution in [0.5, 0.6) is 0 Å². The highest BCUT2D eigenvalue weighted by Crippen LogP contribution is 2.10. The molecule has 2 saturated heterocycles. The fourth-order valence-corrected chi connectivity index (χ4v) is 2.79. The Morgan fingerprint density at radius 1 is 1.39 bits per heavy atom. The highest BCUT2D eigenvalue weighted by Gasteiger charge is 2.30. The molecule has 0 saturated carbocycles. The number of rotatable bonds is 4. The van der Waals surface area contributed by atoms with E-state index in [-0.39, 0.29) is 18.1 Å². The van der Waals surface area contributed by atoms with Crippen LogP contribution in [0.1, 0.15) is 19.8 Å². The molecule has 1 amide bonds. The molecule has 18 heavy (non-hydrogen) atoms. The fraction of sp³-hybridized carbons (Fsp3) is 0.923. The molecule has 0 aromatic carbocycles. The Morgan fingerprint density at radius 3 is 2.72 bits per heavy atom. The third kappa shape index (κ3) is 3.67. The highest BCUT2D eigenvalue weighted by molar-refractivity contribution is 5.79. The molecular weight excluding hydrogens is 230 g/mol. The first-order chi connectivity index (χ1) is 8.66. The van der Waals surface area contributed by atoms with Crippen LogP contribution in [-0.2, 0) is 9.53 Å². The van der Waals surface area contributed by atoms with E-state index in [0.29, 0.717) is 6.54 Å². The average molecular weight is 257 g/mol. The number of nitrogens with one attached hydrogen (secondary N) is 3. The normalized spacial score (nSPS) is 34.2. The van der Waals surface area contributed by atoms with E-state index < -0.39 is 0 Å². The third-order valence-corrected chi connectivity index (χ3v) is 4.28. The van der Waals surface area contributed by atoms with Crippen molar-refractivity contribution in [3.8, 4) is 0 Å². The maximum Gasteiger partial charge on any atom is 0.278 e. The van der Waals surface area contributed by atoms with Crippen LogP contribution in [0.3, 0.4) is 0 Å². The van der Waals surface area contributed by atoms with Gasteiger partial charge in [-0.2, -0.15) is 0 Å². The van der Waals surface area contributed by atoms with Crippen molar-refractivity contribution >= 4 is 5.91 Å². The Balaban J connectivity index is 1.70. The van der Waals surface area contributed by atoms with Gasteiger partial charge in [-0.25, -0.2) is 0 Å². The number of ether oxygens (including phenoxy) is 1. The molecule has 3 N–H and O–H groups in total. The smallest absolute Gasteiger partial charge is 0.278 e. The molecule has 0 aliphatic carbocycles. The van der Waals surface area contributed by atoms with Crippen LogP contribution >= 0.6 is 0 Å². The minimum atomic E-state index is 0.0690. The second-order valence-corrected chi connectivity index (χ2v) is 5.72. The zero-order chi connectivity index (χ0) is 13.0. The molecule has 104 valence electrons. The number of hydrogen-bond acceptors (Lipinski definition) is 2. The van der Waals surface area contributed by atoms with Crippen molar-refractivity contribution in [3.05, 3.63) is 0 Å². The molecule has 2 rings (SSSR count). The van der Waals surface area contributed by atoms with Gasteiger partial charge in [0.2, 0.25) is 0 Å². The quantitative estimate of drug-likeness (QED) is 0.505. The summed E-state index contributed by atoms with van der Waals surface area (Å²) in [6, 6.07) is 0.0690. The lowest BCUT2D eigenvalue weighted by Crippen LogP contribution is -3.29. The molecule has 2 aliphatic rings. The summed E-state index contributed by atoms with van der Waals surface area (Å²) in [5, 5.41) is 3.04. The summed E-state index contributed by atoms with van der Waals surface area (Å²) in [7, 11) is 2.22. The zero-order valence-electron chi connectivity index (χ0n) is 11.6. The van der Waals surface area contributed by atoms with Crippen LogP contribution in [0.15, 0.2) is 0 Å². The molecule has 0 aromatic rings. The molecule has 0 radical (unpaired) electrons. The first kappa shape index (κ1) is 13.8. The van der Waals surface area contributed by atoms with Crippen molar-refractivity contribution in [1.82, 2.24) is 5.32 Å². The number of amides is 1. The van der Waals surface area contributed by atoms with E-state index in [1.807, 2.05) is 6.92 Å². The van der Waals surface area contributed by atoms with Crippen LogP contribution < -0.4 is 15.1 Å². The number of quaternary nitrogens is 2. The number of carbonyl (C=O) groups is 1. The molecule has 0 unspecified atom stereocenters. The van der Waals surface area contributed by atoms with E-state index in [0.717, 1.165) is 32.5 Å². The monoisotopic (exact) mass is 257 g/mol. The predicted molar refractivity (Wildman–Crippen MR) is 68.8 cm³/mol. The van der Waals surface area contributed by atoms with Gasteiger partial charge in [-0.1, -0.05) is 0 Å².